The van der Waals surface area contributed by atoms with Crippen LogP contribution >= 0.6 is 34.7 Å². The smallest absolute Gasteiger partial charge is 0.321 e. The van der Waals surface area contributed by atoms with E-state index in [-0.39, 0.29) is 16.8 Å². The van der Waals surface area contributed by atoms with Crippen LogP contribution in [-0.4, -0.2) is 33.2 Å². The van der Waals surface area contributed by atoms with Crippen molar-refractivity contribution in [2.45, 2.75) is 18.3 Å². The van der Waals surface area contributed by atoms with E-state index in [4.69, 9.17) is 11.6 Å². The minimum absolute atomic E-state index is 0.0334. The van der Waals surface area contributed by atoms with E-state index in [1.54, 1.807) is 42.3 Å². The lowest BCUT2D eigenvalue weighted by Crippen LogP contribution is -2.27. The van der Waals surface area contributed by atoms with E-state index >= 15 is 0 Å². The fourth-order valence-corrected chi connectivity index (χ4v) is 4.40. The highest BCUT2D eigenvalue weighted by Gasteiger charge is 2.19. The van der Waals surface area contributed by atoms with Crippen molar-refractivity contribution < 1.29 is 13.6 Å². The topological polar surface area (TPSA) is 38.1 Å². The number of thioether (sulfide) groups is 1. The van der Waals surface area contributed by atoms with E-state index in [2.05, 4.69) is 4.98 Å². The van der Waals surface area contributed by atoms with Crippen molar-refractivity contribution in [1.29, 1.82) is 0 Å². The summed E-state index contributed by atoms with van der Waals surface area (Å²) in [6.07, 6.45) is 0. The molecule has 3 aromatic rings. The first kappa shape index (κ1) is 18.2. The zero-order valence-electron chi connectivity index (χ0n) is 13.2. The summed E-state index contributed by atoms with van der Waals surface area (Å²) in [5.41, 5.74) is 0.841. The SMILES string of the molecule is CN(Cc1ccc(Cl)s1)C(=O)CSc1nc2ccccc2n1C(F)F. The van der Waals surface area contributed by atoms with E-state index in [0.29, 0.717) is 21.9 Å². The van der Waals surface area contributed by atoms with Gasteiger partial charge in [-0.1, -0.05) is 35.5 Å². The third-order valence-corrected chi connectivity index (χ3v) is 5.68. The summed E-state index contributed by atoms with van der Waals surface area (Å²) in [7, 11) is 1.67. The lowest BCUT2D eigenvalue weighted by molar-refractivity contribution is -0.127. The largest absolute Gasteiger partial charge is 0.340 e. The summed E-state index contributed by atoms with van der Waals surface area (Å²) in [6, 6.07) is 10.3. The molecule has 0 radical (unpaired) electrons. The molecular formula is C16H14ClF2N3OS2. The van der Waals surface area contributed by atoms with Crippen molar-refractivity contribution in [1.82, 2.24) is 14.5 Å². The molecule has 0 N–H and O–H groups in total. The molecule has 1 amide bonds. The zero-order chi connectivity index (χ0) is 18.0. The number of rotatable bonds is 6. The number of alkyl halides is 2. The predicted molar refractivity (Wildman–Crippen MR) is 97.5 cm³/mol. The van der Waals surface area contributed by atoms with Gasteiger partial charge in [-0.05, 0) is 24.3 Å². The molecule has 3 rings (SSSR count). The molecule has 1 aromatic carbocycles. The molecule has 2 aromatic heterocycles. The molecule has 25 heavy (non-hydrogen) atoms. The molecule has 0 saturated carbocycles. The van der Waals surface area contributed by atoms with Crippen molar-refractivity contribution in [3.05, 3.63) is 45.6 Å². The normalized spacial score (nSPS) is 11.4. The highest BCUT2D eigenvalue weighted by Crippen LogP contribution is 2.29. The molecule has 0 aliphatic rings. The zero-order valence-corrected chi connectivity index (χ0v) is 15.5. The van der Waals surface area contributed by atoms with Gasteiger partial charge < -0.3 is 4.90 Å². The van der Waals surface area contributed by atoms with Crippen molar-refractivity contribution in [2.24, 2.45) is 0 Å². The molecule has 132 valence electrons. The Balaban J connectivity index is 1.69. The molecule has 2 heterocycles. The molecule has 0 unspecified atom stereocenters. The van der Waals surface area contributed by atoms with Gasteiger partial charge in [0.1, 0.15) is 0 Å². The van der Waals surface area contributed by atoms with Crippen LogP contribution in [0.15, 0.2) is 41.6 Å². The maximum absolute atomic E-state index is 13.4. The molecule has 0 spiro atoms. The maximum Gasteiger partial charge on any atom is 0.321 e. The fraction of sp³-hybridized carbons (Fsp3) is 0.250. The van der Waals surface area contributed by atoms with Gasteiger partial charge in [0.15, 0.2) is 5.16 Å². The first-order chi connectivity index (χ1) is 12.0. The Hall–Kier alpha value is -1.64. The minimum Gasteiger partial charge on any atom is -0.340 e. The summed E-state index contributed by atoms with van der Waals surface area (Å²) in [5, 5.41) is 0.136. The van der Waals surface area contributed by atoms with Gasteiger partial charge in [0.25, 0.3) is 0 Å². The fourth-order valence-electron chi connectivity index (χ4n) is 2.31. The number of carbonyl (C=O) groups is 1. The van der Waals surface area contributed by atoms with Crippen LogP contribution in [0.25, 0.3) is 11.0 Å². The number of halogens is 3. The number of hydrogen-bond acceptors (Lipinski definition) is 4. The van der Waals surface area contributed by atoms with Gasteiger partial charge in [-0.15, -0.1) is 11.3 Å². The highest BCUT2D eigenvalue weighted by molar-refractivity contribution is 7.99. The van der Waals surface area contributed by atoms with Crippen LogP contribution < -0.4 is 0 Å². The minimum atomic E-state index is -2.71. The van der Waals surface area contributed by atoms with Crippen molar-refractivity contribution in [3.63, 3.8) is 0 Å². The van der Waals surface area contributed by atoms with Crippen LogP contribution in [0.2, 0.25) is 4.34 Å². The van der Waals surface area contributed by atoms with Gasteiger partial charge in [-0.25, -0.2) is 4.98 Å². The number of carbonyl (C=O) groups excluding carboxylic acids is 1. The Morgan fingerprint density at radius 2 is 2.12 bits per heavy atom. The quantitative estimate of drug-likeness (QED) is 0.551. The van der Waals surface area contributed by atoms with Gasteiger partial charge in [0, 0.05) is 11.9 Å². The molecule has 4 nitrogen and oxygen atoms in total. The average molecular weight is 402 g/mol. The summed E-state index contributed by atoms with van der Waals surface area (Å²) in [5.74, 6) is -0.131. The Kier molecular flexibility index (Phi) is 5.61. The first-order valence-electron chi connectivity index (χ1n) is 7.32. The van der Waals surface area contributed by atoms with E-state index in [9.17, 15) is 13.6 Å². The van der Waals surface area contributed by atoms with Crippen LogP contribution in [-0.2, 0) is 11.3 Å². The number of hydrogen-bond donors (Lipinski definition) is 0. The maximum atomic E-state index is 13.4. The molecule has 0 saturated heterocycles. The number of aromatic nitrogens is 2. The van der Waals surface area contributed by atoms with Crippen LogP contribution in [0.1, 0.15) is 11.4 Å². The number of fused-ring (bicyclic) bond motifs is 1. The Bertz CT molecular complexity index is 897. The van der Waals surface area contributed by atoms with Crippen LogP contribution in [0.3, 0.4) is 0 Å². The lowest BCUT2D eigenvalue weighted by Gasteiger charge is -2.16. The van der Waals surface area contributed by atoms with Gasteiger partial charge in [-0.2, -0.15) is 8.78 Å². The number of nitrogens with zero attached hydrogens (tertiary/aromatic N) is 3. The summed E-state index contributed by atoms with van der Waals surface area (Å²) >= 11 is 8.30. The Morgan fingerprint density at radius 3 is 2.80 bits per heavy atom. The van der Waals surface area contributed by atoms with Crippen LogP contribution in [0.5, 0.6) is 0 Å². The summed E-state index contributed by atoms with van der Waals surface area (Å²) < 4.78 is 28.3. The third-order valence-electron chi connectivity index (χ3n) is 3.53. The molecule has 0 bridgehead atoms. The average Bonchev–Trinajstić information content (AvgIpc) is 3.15. The monoisotopic (exact) mass is 401 g/mol. The third kappa shape index (κ3) is 4.13. The Morgan fingerprint density at radius 1 is 1.36 bits per heavy atom. The highest BCUT2D eigenvalue weighted by atomic mass is 35.5. The first-order valence-corrected chi connectivity index (χ1v) is 9.50. The second-order valence-corrected chi connectivity index (χ2v) is 8.02. The molecule has 9 heteroatoms. The molecule has 0 aliphatic carbocycles. The molecular weight excluding hydrogens is 388 g/mol. The number of para-hydroxylation sites is 2. The predicted octanol–water partition coefficient (Wildman–Crippen LogP) is 4.90. The second-order valence-electron chi connectivity index (χ2n) is 5.28. The number of benzene rings is 1. The Labute approximate surface area is 156 Å². The van der Waals surface area contributed by atoms with Gasteiger partial charge in [0.05, 0.1) is 27.7 Å². The number of thiophene rings is 1. The molecule has 0 atom stereocenters. The summed E-state index contributed by atoms with van der Waals surface area (Å²) in [6.45, 7) is -2.28. The van der Waals surface area contributed by atoms with Gasteiger partial charge >= 0.3 is 6.55 Å². The molecule has 0 fully saturated rings. The number of amides is 1. The van der Waals surface area contributed by atoms with E-state index in [0.717, 1.165) is 21.2 Å². The standard InChI is InChI=1S/C16H14ClF2N3OS2/c1-21(8-10-6-7-13(17)25-10)14(23)9-24-16-20-11-4-2-3-5-12(11)22(16)15(18)19/h2-7,15H,8-9H2,1H3. The van der Waals surface area contributed by atoms with Crippen LogP contribution in [0.4, 0.5) is 8.78 Å². The summed E-state index contributed by atoms with van der Waals surface area (Å²) in [4.78, 5) is 19.0. The van der Waals surface area contributed by atoms with Crippen molar-refractivity contribution in [2.75, 3.05) is 12.8 Å². The van der Waals surface area contributed by atoms with Crippen molar-refractivity contribution in [3.8, 4) is 0 Å². The lowest BCUT2D eigenvalue weighted by atomic mass is 10.3. The van der Waals surface area contributed by atoms with E-state index < -0.39 is 6.55 Å². The molecule has 0 aliphatic heterocycles. The van der Waals surface area contributed by atoms with Gasteiger partial charge in [0.2, 0.25) is 5.91 Å². The van der Waals surface area contributed by atoms with Crippen LogP contribution in [0, 0.1) is 0 Å². The second kappa shape index (κ2) is 7.72. The van der Waals surface area contributed by atoms with Crippen molar-refractivity contribution >= 4 is 51.6 Å². The van der Waals surface area contributed by atoms with Gasteiger partial charge in [-0.3, -0.25) is 9.36 Å². The van der Waals surface area contributed by atoms with E-state index in [1.807, 2.05) is 6.07 Å². The number of imidazole rings is 1. The van der Waals surface area contributed by atoms with E-state index in [1.165, 1.54) is 11.3 Å².